The monoisotopic (exact) mass is 481 g/mol. The van der Waals surface area contributed by atoms with Crippen molar-refractivity contribution < 1.29 is 9.90 Å². The van der Waals surface area contributed by atoms with E-state index < -0.39 is 11.4 Å². The standard InChI is InChI=1S/C13H9I2NO3/c14-9-3-7-11(4-10(9)15)16(6-1-2-6)5-8(12(7)17)13(18)19/h3-6H,1-2H2,(H,18,19). The Morgan fingerprint density at radius 3 is 2.47 bits per heavy atom. The summed E-state index contributed by atoms with van der Waals surface area (Å²) in [4.78, 5) is 23.4. The zero-order valence-electron chi connectivity index (χ0n) is 9.69. The van der Waals surface area contributed by atoms with Gasteiger partial charge in [-0.15, -0.1) is 0 Å². The van der Waals surface area contributed by atoms with Crippen LogP contribution >= 0.6 is 45.2 Å². The van der Waals surface area contributed by atoms with Crippen molar-refractivity contribution in [2.75, 3.05) is 0 Å². The third-order valence-corrected chi connectivity index (χ3v) is 6.06. The molecule has 1 aliphatic carbocycles. The van der Waals surface area contributed by atoms with Crippen LogP contribution in [0.15, 0.2) is 23.1 Å². The number of rotatable bonds is 2. The first-order valence-corrected chi connectivity index (χ1v) is 7.92. The van der Waals surface area contributed by atoms with E-state index in [1.807, 2.05) is 10.6 Å². The van der Waals surface area contributed by atoms with E-state index in [9.17, 15) is 9.59 Å². The summed E-state index contributed by atoms with van der Waals surface area (Å²) in [6.07, 6.45) is 3.58. The summed E-state index contributed by atoms with van der Waals surface area (Å²) < 4.78 is 3.98. The lowest BCUT2D eigenvalue weighted by Gasteiger charge is -2.12. The molecule has 1 saturated carbocycles. The van der Waals surface area contributed by atoms with Gasteiger partial charge in [0.25, 0.3) is 0 Å². The lowest BCUT2D eigenvalue weighted by Crippen LogP contribution is -2.19. The first-order valence-electron chi connectivity index (χ1n) is 5.76. The number of hydrogen-bond donors (Lipinski definition) is 1. The molecule has 0 saturated heterocycles. The highest BCUT2D eigenvalue weighted by atomic mass is 127. The van der Waals surface area contributed by atoms with Crippen LogP contribution in [0.2, 0.25) is 0 Å². The maximum absolute atomic E-state index is 12.2. The summed E-state index contributed by atoms with van der Waals surface area (Å²) in [6.45, 7) is 0. The van der Waals surface area contributed by atoms with Crippen LogP contribution in [-0.2, 0) is 0 Å². The van der Waals surface area contributed by atoms with E-state index in [4.69, 9.17) is 5.11 Å². The molecule has 0 unspecified atom stereocenters. The molecule has 1 aliphatic rings. The van der Waals surface area contributed by atoms with Gasteiger partial charge in [-0.1, -0.05) is 0 Å². The summed E-state index contributed by atoms with van der Waals surface area (Å²) in [7, 11) is 0. The molecule has 0 radical (unpaired) electrons. The topological polar surface area (TPSA) is 59.3 Å². The number of aromatic nitrogens is 1. The average Bonchev–Trinajstić information content (AvgIpc) is 3.16. The van der Waals surface area contributed by atoms with E-state index in [-0.39, 0.29) is 5.56 Å². The van der Waals surface area contributed by atoms with Crippen LogP contribution in [0, 0.1) is 7.14 Å². The summed E-state index contributed by atoms with van der Waals surface area (Å²) in [6, 6.07) is 4.07. The van der Waals surface area contributed by atoms with Crippen molar-refractivity contribution in [1.29, 1.82) is 0 Å². The van der Waals surface area contributed by atoms with Crippen molar-refractivity contribution in [3.63, 3.8) is 0 Å². The van der Waals surface area contributed by atoms with E-state index in [2.05, 4.69) is 45.2 Å². The number of nitrogens with zero attached hydrogens (tertiary/aromatic N) is 1. The Morgan fingerprint density at radius 1 is 1.26 bits per heavy atom. The molecule has 0 aliphatic heterocycles. The smallest absolute Gasteiger partial charge is 0.341 e. The zero-order chi connectivity index (χ0) is 13.7. The fourth-order valence-corrected chi connectivity index (χ4v) is 3.07. The van der Waals surface area contributed by atoms with Gasteiger partial charge >= 0.3 is 5.97 Å². The molecule has 1 fully saturated rings. The Balaban J connectivity index is 2.45. The van der Waals surface area contributed by atoms with Crippen molar-refractivity contribution in [2.24, 2.45) is 0 Å². The van der Waals surface area contributed by atoms with Gasteiger partial charge in [0.05, 0.1) is 5.52 Å². The number of hydrogen-bond acceptors (Lipinski definition) is 2. The van der Waals surface area contributed by atoms with Gasteiger partial charge in [-0.25, -0.2) is 4.79 Å². The number of carbonyl (C=O) groups is 1. The molecular formula is C13H9I2NO3. The van der Waals surface area contributed by atoms with E-state index >= 15 is 0 Å². The maximum atomic E-state index is 12.2. The third-order valence-electron chi connectivity index (χ3n) is 3.24. The molecule has 0 bridgehead atoms. The quantitative estimate of drug-likeness (QED) is 0.671. The van der Waals surface area contributed by atoms with Crippen LogP contribution in [0.4, 0.5) is 0 Å². The third kappa shape index (κ3) is 2.28. The lowest BCUT2D eigenvalue weighted by atomic mass is 10.1. The van der Waals surface area contributed by atoms with E-state index in [0.717, 1.165) is 25.5 Å². The Bertz CT molecular complexity index is 763. The van der Waals surface area contributed by atoms with Crippen molar-refractivity contribution >= 4 is 62.1 Å². The second-order valence-electron chi connectivity index (χ2n) is 4.60. The second kappa shape index (κ2) is 4.72. The molecule has 0 atom stereocenters. The van der Waals surface area contributed by atoms with E-state index in [0.29, 0.717) is 11.4 Å². The summed E-state index contributed by atoms with van der Waals surface area (Å²) in [5.41, 5.74) is 0.299. The van der Waals surface area contributed by atoms with Gasteiger partial charge in [0, 0.05) is 24.8 Å². The molecule has 2 aromatic rings. The van der Waals surface area contributed by atoms with Gasteiger partial charge in [-0.3, -0.25) is 4.79 Å². The van der Waals surface area contributed by atoms with Gasteiger partial charge in [0.1, 0.15) is 5.56 Å². The number of carboxylic acid groups (broad SMARTS) is 1. The van der Waals surface area contributed by atoms with Crippen LogP contribution in [0.5, 0.6) is 0 Å². The van der Waals surface area contributed by atoms with Gasteiger partial charge < -0.3 is 9.67 Å². The minimum absolute atomic E-state index is 0.142. The molecule has 1 heterocycles. The molecule has 6 heteroatoms. The Kier molecular flexibility index (Phi) is 3.32. The summed E-state index contributed by atoms with van der Waals surface area (Å²) >= 11 is 4.39. The molecule has 19 heavy (non-hydrogen) atoms. The minimum Gasteiger partial charge on any atom is -0.477 e. The highest BCUT2D eigenvalue weighted by Gasteiger charge is 2.26. The Morgan fingerprint density at radius 2 is 1.89 bits per heavy atom. The average molecular weight is 481 g/mol. The predicted octanol–water partition coefficient (Wildman–Crippen LogP) is 3.24. The van der Waals surface area contributed by atoms with Crippen LogP contribution in [0.1, 0.15) is 29.2 Å². The molecule has 3 rings (SSSR count). The number of pyridine rings is 1. The lowest BCUT2D eigenvalue weighted by molar-refractivity contribution is 0.0695. The highest BCUT2D eigenvalue weighted by Crippen LogP contribution is 2.37. The van der Waals surface area contributed by atoms with Gasteiger partial charge in [0.2, 0.25) is 5.43 Å². The molecule has 1 aromatic carbocycles. The van der Waals surface area contributed by atoms with Crippen molar-refractivity contribution in [3.05, 3.63) is 41.3 Å². The number of carboxylic acids is 1. The summed E-state index contributed by atoms with van der Waals surface area (Å²) in [5, 5.41) is 9.66. The normalized spacial score (nSPS) is 14.8. The fourth-order valence-electron chi connectivity index (χ4n) is 2.15. The summed E-state index contributed by atoms with van der Waals surface area (Å²) in [5.74, 6) is -1.16. The number of halogens is 2. The zero-order valence-corrected chi connectivity index (χ0v) is 14.0. The fraction of sp³-hybridized carbons (Fsp3) is 0.231. The second-order valence-corrected chi connectivity index (χ2v) is 6.92. The van der Waals surface area contributed by atoms with Crippen LogP contribution in [0.25, 0.3) is 10.9 Å². The Labute approximate surface area is 136 Å². The van der Waals surface area contributed by atoms with E-state index in [1.165, 1.54) is 6.20 Å². The molecule has 1 aromatic heterocycles. The first kappa shape index (κ1) is 13.3. The predicted molar refractivity (Wildman–Crippen MR) is 88.9 cm³/mol. The minimum atomic E-state index is -1.16. The van der Waals surface area contributed by atoms with Gasteiger partial charge in [-0.05, 0) is 70.2 Å². The van der Waals surface area contributed by atoms with Crippen LogP contribution < -0.4 is 5.43 Å². The largest absolute Gasteiger partial charge is 0.477 e. The molecule has 4 nitrogen and oxygen atoms in total. The van der Waals surface area contributed by atoms with Crippen LogP contribution in [0.3, 0.4) is 0 Å². The molecule has 1 N–H and O–H groups in total. The molecule has 98 valence electrons. The first-order chi connectivity index (χ1) is 8.99. The van der Waals surface area contributed by atoms with Crippen LogP contribution in [-0.4, -0.2) is 15.6 Å². The molecular weight excluding hydrogens is 472 g/mol. The Hall–Kier alpha value is -0.640. The number of benzene rings is 1. The maximum Gasteiger partial charge on any atom is 0.341 e. The van der Waals surface area contributed by atoms with E-state index in [1.54, 1.807) is 6.07 Å². The number of fused-ring (bicyclic) bond motifs is 1. The molecule has 0 spiro atoms. The van der Waals surface area contributed by atoms with Crippen molar-refractivity contribution in [3.8, 4) is 0 Å². The number of aromatic carboxylic acids is 1. The van der Waals surface area contributed by atoms with Crippen molar-refractivity contribution in [2.45, 2.75) is 18.9 Å². The highest BCUT2D eigenvalue weighted by molar-refractivity contribution is 14.1. The van der Waals surface area contributed by atoms with Gasteiger partial charge in [0.15, 0.2) is 0 Å². The van der Waals surface area contributed by atoms with Crippen molar-refractivity contribution in [1.82, 2.24) is 4.57 Å². The molecule has 0 amide bonds. The SMILES string of the molecule is O=C(O)c1cn(C2CC2)c2cc(I)c(I)cc2c1=O. The van der Waals surface area contributed by atoms with Gasteiger partial charge in [-0.2, -0.15) is 0 Å².